The molecule has 0 atom stereocenters. The molecule has 5 nitrogen and oxygen atoms in total. The van der Waals surface area contributed by atoms with Gasteiger partial charge in [0.2, 0.25) is 0 Å². The van der Waals surface area contributed by atoms with Crippen molar-refractivity contribution in [3.8, 4) is 11.1 Å². The van der Waals surface area contributed by atoms with Gasteiger partial charge in [0, 0.05) is 23.7 Å². The second kappa shape index (κ2) is 4.38. The third-order valence-corrected chi connectivity index (χ3v) is 3.39. The molecule has 0 bridgehead atoms. The standard InChI is InChI=1S/C15H10N2O3/c1-17(16-20)15(19)9-6-7-11-10-4-2-3-5-12(10)14(18)13(11)8-9/h2-8H,1H3. The maximum Gasteiger partial charge on any atom is 0.276 e. The fourth-order valence-electron chi connectivity index (χ4n) is 2.38. The van der Waals surface area contributed by atoms with Gasteiger partial charge in [-0.3, -0.25) is 9.59 Å². The lowest BCUT2D eigenvalue weighted by Gasteiger charge is -2.08. The minimum absolute atomic E-state index is 0.105. The van der Waals surface area contributed by atoms with E-state index in [0.29, 0.717) is 16.1 Å². The first-order valence-electron chi connectivity index (χ1n) is 6.03. The molecule has 0 saturated heterocycles. The van der Waals surface area contributed by atoms with Crippen molar-refractivity contribution in [1.82, 2.24) is 5.01 Å². The average Bonchev–Trinajstić information content (AvgIpc) is 2.79. The minimum Gasteiger partial charge on any atom is -0.289 e. The molecular weight excluding hydrogens is 256 g/mol. The second-order valence-electron chi connectivity index (χ2n) is 4.55. The number of hydrogen-bond donors (Lipinski definition) is 0. The zero-order valence-electron chi connectivity index (χ0n) is 10.7. The van der Waals surface area contributed by atoms with Gasteiger partial charge in [-0.1, -0.05) is 30.3 Å². The molecule has 0 spiro atoms. The topological polar surface area (TPSA) is 66.8 Å². The highest BCUT2D eigenvalue weighted by atomic mass is 16.3. The molecule has 1 aliphatic rings. The molecule has 98 valence electrons. The molecule has 5 heteroatoms. The SMILES string of the molecule is CN(N=O)C(=O)c1ccc2c(c1)C(=O)c1ccccc1-2. The monoisotopic (exact) mass is 266 g/mol. The van der Waals surface area contributed by atoms with Crippen LogP contribution in [0.2, 0.25) is 0 Å². The maximum absolute atomic E-state index is 12.3. The lowest BCUT2D eigenvalue weighted by molar-refractivity contribution is 0.0797. The molecule has 0 aliphatic heterocycles. The first-order chi connectivity index (χ1) is 9.63. The van der Waals surface area contributed by atoms with Crippen LogP contribution in [0.3, 0.4) is 0 Å². The van der Waals surface area contributed by atoms with E-state index < -0.39 is 5.91 Å². The minimum atomic E-state index is -0.536. The Kier molecular flexibility index (Phi) is 2.68. The van der Waals surface area contributed by atoms with E-state index in [1.807, 2.05) is 12.1 Å². The van der Waals surface area contributed by atoms with Crippen molar-refractivity contribution >= 4 is 11.7 Å². The Morgan fingerprint density at radius 3 is 2.35 bits per heavy atom. The van der Waals surface area contributed by atoms with Gasteiger partial charge in [-0.15, -0.1) is 4.91 Å². The van der Waals surface area contributed by atoms with Crippen LogP contribution in [0.1, 0.15) is 26.3 Å². The van der Waals surface area contributed by atoms with Gasteiger partial charge in [0.25, 0.3) is 5.91 Å². The summed E-state index contributed by atoms with van der Waals surface area (Å²) >= 11 is 0. The van der Waals surface area contributed by atoms with E-state index in [1.165, 1.54) is 13.1 Å². The second-order valence-corrected chi connectivity index (χ2v) is 4.55. The molecule has 1 aliphatic carbocycles. The molecule has 0 fully saturated rings. The number of fused-ring (bicyclic) bond motifs is 3. The van der Waals surface area contributed by atoms with Crippen molar-refractivity contribution in [2.24, 2.45) is 5.29 Å². The Labute approximate surface area is 114 Å². The van der Waals surface area contributed by atoms with Crippen molar-refractivity contribution in [3.63, 3.8) is 0 Å². The van der Waals surface area contributed by atoms with Crippen LogP contribution >= 0.6 is 0 Å². The highest BCUT2D eigenvalue weighted by Crippen LogP contribution is 2.36. The Morgan fingerprint density at radius 1 is 1.00 bits per heavy atom. The van der Waals surface area contributed by atoms with Gasteiger partial charge in [0.1, 0.15) is 0 Å². The molecule has 2 aromatic carbocycles. The Hall–Kier alpha value is -2.82. The molecule has 0 aromatic heterocycles. The highest BCUT2D eigenvalue weighted by molar-refractivity contribution is 6.22. The number of ketones is 1. The summed E-state index contributed by atoms with van der Waals surface area (Å²) in [4.78, 5) is 34.6. The summed E-state index contributed by atoms with van der Waals surface area (Å²) in [6.07, 6.45) is 0. The third-order valence-electron chi connectivity index (χ3n) is 3.39. The molecule has 0 unspecified atom stereocenters. The van der Waals surface area contributed by atoms with Crippen LogP contribution in [0, 0.1) is 4.91 Å². The Balaban J connectivity index is 2.11. The van der Waals surface area contributed by atoms with Crippen molar-refractivity contribution in [1.29, 1.82) is 0 Å². The van der Waals surface area contributed by atoms with Gasteiger partial charge < -0.3 is 0 Å². The number of nitroso groups, excluding NO2 is 1. The van der Waals surface area contributed by atoms with Crippen LogP contribution < -0.4 is 0 Å². The van der Waals surface area contributed by atoms with Gasteiger partial charge in [-0.05, 0) is 23.3 Å². The molecule has 0 saturated carbocycles. The molecule has 3 rings (SSSR count). The van der Waals surface area contributed by atoms with Crippen LogP contribution in [0.25, 0.3) is 11.1 Å². The summed E-state index contributed by atoms with van der Waals surface area (Å²) in [5.74, 6) is -0.640. The third kappa shape index (κ3) is 1.64. The number of nitrogens with zero attached hydrogens (tertiary/aromatic N) is 2. The zero-order valence-corrected chi connectivity index (χ0v) is 10.7. The maximum atomic E-state index is 12.3. The van der Waals surface area contributed by atoms with Crippen molar-refractivity contribution in [3.05, 3.63) is 64.1 Å². The van der Waals surface area contributed by atoms with Gasteiger partial charge in [0.15, 0.2) is 5.78 Å². The summed E-state index contributed by atoms with van der Waals surface area (Å²) in [5.41, 5.74) is 3.06. The molecule has 0 radical (unpaired) electrons. The predicted octanol–water partition coefficient (Wildman–Crippen LogP) is 2.65. The summed E-state index contributed by atoms with van der Waals surface area (Å²) in [6.45, 7) is 0. The van der Waals surface area contributed by atoms with Crippen LogP contribution in [0.5, 0.6) is 0 Å². The van der Waals surface area contributed by atoms with Gasteiger partial charge in [-0.25, -0.2) is 0 Å². The van der Waals surface area contributed by atoms with Crippen molar-refractivity contribution in [2.45, 2.75) is 0 Å². The van der Waals surface area contributed by atoms with E-state index in [1.54, 1.807) is 24.3 Å². The quantitative estimate of drug-likeness (QED) is 0.529. The first kappa shape index (κ1) is 12.2. The fraction of sp³-hybridized carbons (Fsp3) is 0.0667. The highest BCUT2D eigenvalue weighted by Gasteiger charge is 2.27. The number of rotatable bonds is 2. The summed E-state index contributed by atoms with van der Waals surface area (Å²) in [7, 11) is 1.28. The number of carbonyl (C=O) groups excluding carboxylic acids is 2. The van der Waals surface area contributed by atoms with Gasteiger partial charge in [-0.2, -0.15) is 5.01 Å². The molecule has 0 heterocycles. The van der Waals surface area contributed by atoms with E-state index in [4.69, 9.17) is 0 Å². The Morgan fingerprint density at radius 2 is 1.65 bits per heavy atom. The number of carbonyl (C=O) groups is 2. The van der Waals surface area contributed by atoms with E-state index in [2.05, 4.69) is 5.29 Å². The largest absolute Gasteiger partial charge is 0.289 e. The van der Waals surface area contributed by atoms with E-state index in [9.17, 15) is 14.5 Å². The van der Waals surface area contributed by atoms with Gasteiger partial charge in [0.05, 0.1) is 5.29 Å². The molecular formula is C15H10N2O3. The van der Waals surface area contributed by atoms with Crippen molar-refractivity contribution in [2.75, 3.05) is 7.05 Å². The van der Waals surface area contributed by atoms with Crippen LogP contribution in [-0.2, 0) is 0 Å². The van der Waals surface area contributed by atoms with Crippen molar-refractivity contribution < 1.29 is 9.59 Å². The summed E-state index contributed by atoms with van der Waals surface area (Å²) in [5, 5.41) is 3.27. The fourth-order valence-corrected chi connectivity index (χ4v) is 2.38. The normalized spacial score (nSPS) is 11.8. The zero-order chi connectivity index (χ0) is 14.3. The summed E-state index contributed by atoms with van der Waals surface area (Å²) < 4.78 is 0. The molecule has 2 aromatic rings. The van der Waals surface area contributed by atoms with Crippen LogP contribution in [-0.4, -0.2) is 23.7 Å². The number of amides is 1. The van der Waals surface area contributed by atoms with E-state index in [0.717, 1.165) is 11.1 Å². The molecule has 1 amide bonds. The lowest BCUT2D eigenvalue weighted by Crippen LogP contribution is -2.20. The lowest BCUT2D eigenvalue weighted by atomic mass is 10.0. The van der Waals surface area contributed by atoms with E-state index in [-0.39, 0.29) is 11.3 Å². The molecule has 0 N–H and O–H groups in total. The predicted molar refractivity (Wildman–Crippen MR) is 73.2 cm³/mol. The number of benzene rings is 2. The average molecular weight is 266 g/mol. The Bertz CT molecular complexity index is 753. The van der Waals surface area contributed by atoms with Crippen LogP contribution in [0.4, 0.5) is 0 Å². The smallest absolute Gasteiger partial charge is 0.276 e. The van der Waals surface area contributed by atoms with Gasteiger partial charge >= 0.3 is 0 Å². The first-order valence-corrected chi connectivity index (χ1v) is 6.03. The van der Waals surface area contributed by atoms with Crippen LogP contribution in [0.15, 0.2) is 47.8 Å². The summed E-state index contributed by atoms with van der Waals surface area (Å²) in [6, 6.07) is 12.1. The number of hydrogen-bond acceptors (Lipinski definition) is 4. The van der Waals surface area contributed by atoms with E-state index >= 15 is 0 Å². The molecule has 20 heavy (non-hydrogen) atoms.